The van der Waals surface area contributed by atoms with E-state index < -0.39 is 6.29 Å². The highest BCUT2D eigenvalue weighted by molar-refractivity contribution is 7.71. The van der Waals surface area contributed by atoms with Crippen LogP contribution in [-0.2, 0) is 32.7 Å². The fraction of sp³-hybridized carbons (Fsp3) is 0.500. The molecule has 1 aromatic carbocycles. The number of amides is 1. The van der Waals surface area contributed by atoms with Crippen molar-refractivity contribution < 1.29 is 19.1 Å². The second-order valence-corrected chi connectivity index (χ2v) is 8.23. The van der Waals surface area contributed by atoms with E-state index >= 15 is 0 Å². The minimum Gasteiger partial charge on any atom is -0.343 e. The molecule has 152 valence electrons. The Kier molecular flexibility index (Phi) is 4.60. The molecule has 0 radical (unpaired) electrons. The van der Waals surface area contributed by atoms with Crippen LogP contribution >= 0.6 is 12.2 Å². The SMILES string of the molecule is Cn1c(CN2C[C@H](c3ccccc3)CC2=O)nn([C@H]2CC(=O)[C@H]3OC[C@@H]2O3)c1=S. The Morgan fingerprint density at radius 2 is 2.00 bits per heavy atom. The van der Waals surface area contributed by atoms with Gasteiger partial charge in [0.25, 0.3) is 0 Å². The summed E-state index contributed by atoms with van der Waals surface area (Å²) in [6.07, 6.45) is -0.187. The van der Waals surface area contributed by atoms with Crippen LogP contribution in [0.15, 0.2) is 30.3 Å². The van der Waals surface area contributed by atoms with Gasteiger partial charge in [-0.25, -0.2) is 4.68 Å². The van der Waals surface area contributed by atoms with Crippen LogP contribution in [0, 0.1) is 4.77 Å². The smallest absolute Gasteiger partial charge is 0.223 e. The minimum absolute atomic E-state index is 0.0849. The molecule has 9 heteroatoms. The summed E-state index contributed by atoms with van der Waals surface area (Å²) < 4.78 is 15.0. The molecule has 3 aliphatic heterocycles. The molecule has 1 amide bonds. The lowest BCUT2D eigenvalue weighted by atomic mass is 9.99. The molecule has 0 saturated carbocycles. The number of carbonyl (C=O) groups excluding carboxylic acids is 2. The van der Waals surface area contributed by atoms with Gasteiger partial charge in [0, 0.05) is 32.4 Å². The number of carbonyl (C=O) groups is 2. The standard InChI is InChI=1S/C20H22N4O4S/c1-22-17(10-23-9-13(7-18(23)26)12-5-3-2-4-6-12)21-24(20(22)29)14-8-15(25)19-27-11-16(14)28-19/h2-6,13-14,16,19H,7-11H2,1H3/t13-,14+,16+,19+/m1/s1. The van der Waals surface area contributed by atoms with Gasteiger partial charge in [-0.3, -0.25) is 9.59 Å². The van der Waals surface area contributed by atoms with Crippen molar-refractivity contribution in [3.05, 3.63) is 46.5 Å². The summed E-state index contributed by atoms with van der Waals surface area (Å²) in [4.78, 5) is 26.6. The molecular weight excluding hydrogens is 392 g/mol. The Labute approximate surface area is 173 Å². The summed E-state index contributed by atoms with van der Waals surface area (Å²) in [6, 6.07) is 9.83. The average molecular weight is 414 g/mol. The summed E-state index contributed by atoms with van der Waals surface area (Å²) in [5, 5.41) is 4.67. The number of Topliss-reactive ketones (excluding diaryl/α,β-unsaturated/α-hetero) is 1. The van der Waals surface area contributed by atoms with Crippen molar-refractivity contribution in [2.75, 3.05) is 13.2 Å². The lowest BCUT2D eigenvalue weighted by Gasteiger charge is -2.26. The Morgan fingerprint density at radius 3 is 2.79 bits per heavy atom. The van der Waals surface area contributed by atoms with E-state index in [4.69, 9.17) is 21.7 Å². The third-order valence-corrected chi connectivity index (χ3v) is 6.50. The van der Waals surface area contributed by atoms with Crippen molar-refractivity contribution in [1.82, 2.24) is 19.2 Å². The first kappa shape index (κ1) is 18.7. The largest absolute Gasteiger partial charge is 0.343 e. The number of rotatable bonds is 4. The molecule has 0 aliphatic carbocycles. The molecule has 0 spiro atoms. The molecule has 1 aromatic heterocycles. The average Bonchev–Trinajstić information content (AvgIpc) is 3.40. The molecule has 0 unspecified atom stereocenters. The first-order valence-corrected chi connectivity index (χ1v) is 10.2. The van der Waals surface area contributed by atoms with E-state index in [2.05, 4.69) is 17.2 Å². The molecule has 3 fully saturated rings. The zero-order valence-electron chi connectivity index (χ0n) is 16.1. The fourth-order valence-corrected chi connectivity index (χ4v) is 4.65. The maximum absolute atomic E-state index is 12.6. The third-order valence-electron chi connectivity index (χ3n) is 6.04. The van der Waals surface area contributed by atoms with E-state index in [0.717, 1.165) is 0 Å². The van der Waals surface area contributed by atoms with Crippen LogP contribution < -0.4 is 0 Å². The van der Waals surface area contributed by atoms with Crippen LogP contribution in [0.2, 0.25) is 0 Å². The van der Waals surface area contributed by atoms with Crippen molar-refractivity contribution in [1.29, 1.82) is 0 Å². The van der Waals surface area contributed by atoms with Crippen molar-refractivity contribution in [3.63, 3.8) is 0 Å². The van der Waals surface area contributed by atoms with Gasteiger partial charge in [-0.15, -0.1) is 0 Å². The monoisotopic (exact) mass is 414 g/mol. The lowest BCUT2D eigenvalue weighted by molar-refractivity contribution is -0.156. The van der Waals surface area contributed by atoms with Gasteiger partial charge >= 0.3 is 0 Å². The highest BCUT2D eigenvalue weighted by Crippen LogP contribution is 2.33. The molecule has 8 nitrogen and oxygen atoms in total. The number of benzene rings is 1. The number of likely N-dealkylation sites (tertiary alicyclic amines) is 1. The first-order valence-electron chi connectivity index (χ1n) is 9.78. The number of hydrogen-bond acceptors (Lipinski definition) is 6. The maximum atomic E-state index is 12.6. The van der Waals surface area contributed by atoms with Crippen molar-refractivity contribution in [3.8, 4) is 0 Å². The van der Waals surface area contributed by atoms with E-state index in [1.807, 2.05) is 34.7 Å². The van der Waals surface area contributed by atoms with Crippen LogP contribution in [0.4, 0.5) is 0 Å². The predicted octanol–water partition coefficient (Wildman–Crippen LogP) is 1.72. The molecule has 4 heterocycles. The molecular formula is C20H22N4O4S. The molecule has 29 heavy (non-hydrogen) atoms. The van der Waals surface area contributed by atoms with E-state index in [1.54, 1.807) is 4.68 Å². The highest BCUT2D eigenvalue weighted by atomic mass is 32.1. The number of ketones is 1. The summed E-state index contributed by atoms with van der Waals surface area (Å²) in [7, 11) is 1.84. The van der Waals surface area contributed by atoms with E-state index in [0.29, 0.717) is 43.1 Å². The van der Waals surface area contributed by atoms with Crippen LogP contribution in [0.1, 0.15) is 36.2 Å². The van der Waals surface area contributed by atoms with Crippen LogP contribution in [0.25, 0.3) is 0 Å². The molecule has 3 saturated heterocycles. The first-order chi connectivity index (χ1) is 14.0. The Balaban J connectivity index is 1.36. The van der Waals surface area contributed by atoms with Gasteiger partial charge in [-0.05, 0) is 17.8 Å². The molecule has 0 N–H and O–H groups in total. The molecule has 3 aliphatic rings. The topological polar surface area (TPSA) is 78.6 Å². The number of nitrogens with zero attached hydrogens (tertiary/aromatic N) is 4. The second-order valence-electron chi connectivity index (χ2n) is 7.87. The Bertz CT molecular complexity index is 1020. The van der Waals surface area contributed by atoms with Crippen LogP contribution in [-0.4, -0.2) is 56.5 Å². The fourth-order valence-electron chi connectivity index (χ4n) is 4.36. The maximum Gasteiger partial charge on any atom is 0.223 e. The van der Waals surface area contributed by atoms with Crippen molar-refractivity contribution in [2.24, 2.45) is 7.05 Å². The van der Waals surface area contributed by atoms with Crippen molar-refractivity contribution >= 4 is 23.9 Å². The van der Waals surface area contributed by atoms with Gasteiger partial charge in [0.15, 0.2) is 16.4 Å². The van der Waals surface area contributed by atoms with Gasteiger partial charge in [-0.1, -0.05) is 30.3 Å². The summed E-state index contributed by atoms with van der Waals surface area (Å²) in [5.41, 5.74) is 1.18. The number of hydrogen-bond donors (Lipinski definition) is 0. The molecule has 2 bridgehead atoms. The predicted molar refractivity (Wildman–Crippen MR) is 105 cm³/mol. The second kappa shape index (κ2) is 7.16. The van der Waals surface area contributed by atoms with E-state index in [1.165, 1.54) is 5.56 Å². The Hall–Kier alpha value is -2.36. The summed E-state index contributed by atoms with van der Waals surface area (Å²) >= 11 is 5.57. The molecule has 2 aromatic rings. The van der Waals surface area contributed by atoms with Crippen LogP contribution in [0.3, 0.4) is 0 Å². The van der Waals surface area contributed by atoms with E-state index in [-0.39, 0.29) is 29.8 Å². The normalized spacial score (nSPS) is 29.1. The number of aromatic nitrogens is 3. The third kappa shape index (κ3) is 3.23. The summed E-state index contributed by atoms with van der Waals surface area (Å²) in [6.45, 7) is 1.41. The van der Waals surface area contributed by atoms with Gasteiger partial charge in [0.1, 0.15) is 6.10 Å². The van der Waals surface area contributed by atoms with Crippen LogP contribution in [0.5, 0.6) is 0 Å². The Morgan fingerprint density at radius 1 is 1.21 bits per heavy atom. The van der Waals surface area contributed by atoms with Gasteiger partial charge in [-0.2, -0.15) is 5.10 Å². The van der Waals surface area contributed by atoms with Gasteiger partial charge < -0.3 is 18.9 Å². The number of ether oxygens (including phenoxy) is 2. The van der Waals surface area contributed by atoms with Crippen molar-refractivity contribution in [2.45, 2.75) is 43.7 Å². The quantitative estimate of drug-likeness (QED) is 0.709. The molecule has 4 atom stereocenters. The van der Waals surface area contributed by atoms with Gasteiger partial charge in [0.2, 0.25) is 12.2 Å². The molecule has 5 rings (SSSR count). The zero-order chi connectivity index (χ0) is 20.1. The lowest BCUT2D eigenvalue weighted by Crippen LogP contribution is -2.37. The number of fused-ring (bicyclic) bond motifs is 2. The van der Waals surface area contributed by atoms with Gasteiger partial charge in [0.05, 0.1) is 19.2 Å². The van der Waals surface area contributed by atoms with E-state index in [9.17, 15) is 9.59 Å². The highest BCUT2D eigenvalue weighted by Gasteiger charge is 2.45. The zero-order valence-corrected chi connectivity index (χ0v) is 16.9. The minimum atomic E-state index is -0.745. The summed E-state index contributed by atoms with van der Waals surface area (Å²) in [5.74, 6) is 0.919.